The van der Waals surface area contributed by atoms with Gasteiger partial charge in [0.25, 0.3) is 0 Å². The highest BCUT2D eigenvalue weighted by Gasteiger charge is 2.45. The van der Waals surface area contributed by atoms with Crippen LogP contribution in [0.4, 0.5) is 13.2 Å². The zero-order valence-electron chi connectivity index (χ0n) is 17.4. The Kier molecular flexibility index (Phi) is 6.40. The number of likely N-dealkylation sites (tertiary alicyclic amines) is 1. The molecule has 2 unspecified atom stereocenters. The zero-order chi connectivity index (χ0) is 23.6. The van der Waals surface area contributed by atoms with E-state index < -0.39 is 34.6 Å². The molecule has 2 atom stereocenters. The number of halogens is 5. The molecular weight excluding hydrogens is 486 g/mol. The third-order valence-electron chi connectivity index (χ3n) is 6.09. The van der Waals surface area contributed by atoms with Gasteiger partial charge in [0, 0.05) is 35.7 Å². The number of fused-ring (bicyclic) bond motifs is 1. The Labute approximate surface area is 197 Å². The lowest BCUT2D eigenvalue weighted by Crippen LogP contribution is -2.41. The molecule has 3 aromatic rings. The number of hydrogen-bond acceptors (Lipinski definition) is 6. The van der Waals surface area contributed by atoms with Crippen molar-refractivity contribution in [2.75, 3.05) is 13.6 Å². The second-order valence-corrected chi connectivity index (χ2v) is 8.46. The van der Waals surface area contributed by atoms with E-state index in [2.05, 4.69) is 0 Å². The molecule has 1 aromatic heterocycles. The number of benzene rings is 2. The molecule has 33 heavy (non-hydrogen) atoms. The number of aliphatic hydroxyl groups is 1. The Bertz CT molecular complexity index is 1290. The largest absolute Gasteiger partial charge is 0.507 e. The van der Waals surface area contributed by atoms with E-state index in [1.54, 1.807) is 18.9 Å². The third kappa shape index (κ3) is 4.14. The highest BCUT2D eigenvalue weighted by atomic mass is 35.5. The Morgan fingerprint density at radius 1 is 1.18 bits per heavy atom. The molecule has 2 heterocycles. The third-order valence-corrected chi connectivity index (χ3v) is 6.41. The van der Waals surface area contributed by atoms with Gasteiger partial charge in [-0.3, -0.25) is 9.69 Å². The lowest BCUT2D eigenvalue weighted by Gasteiger charge is -2.32. The molecule has 1 fully saturated rings. The van der Waals surface area contributed by atoms with Crippen LogP contribution >= 0.6 is 24.0 Å². The van der Waals surface area contributed by atoms with Crippen LogP contribution in [0.2, 0.25) is 5.02 Å². The zero-order valence-corrected chi connectivity index (χ0v) is 19.0. The minimum atomic E-state index is -4.60. The van der Waals surface area contributed by atoms with Crippen LogP contribution < -0.4 is 5.43 Å². The van der Waals surface area contributed by atoms with Crippen molar-refractivity contribution in [2.24, 2.45) is 0 Å². The standard InChI is InChI=1S/C22H19ClF3NO5.ClH/c1-21(31)12(5-6-27(21)2)18-14(28)8-15(29)19-16(30)9-17(32-20(18)19)11-4-3-10(7-13(11)23)22(24,25)26;/h3-4,7-9,12,28-29,31H,5-6H2,1-2H3;1H. The molecular formula is C22H20Cl2F3NO5. The van der Waals surface area contributed by atoms with Crippen LogP contribution in [0.5, 0.6) is 11.5 Å². The monoisotopic (exact) mass is 505 g/mol. The van der Waals surface area contributed by atoms with Gasteiger partial charge in [0.2, 0.25) is 0 Å². The lowest BCUT2D eigenvalue weighted by atomic mass is 9.87. The summed E-state index contributed by atoms with van der Waals surface area (Å²) in [4.78, 5) is 14.5. The van der Waals surface area contributed by atoms with Crippen molar-refractivity contribution in [1.82, 2.24) is 4.90 Å². The van der Waals surface area contributed by atoms with E-state index in [-0.39, 0.29) is 51.0 Å². The van der Waals surface area contributed by atoms with Gasteiger partial charge in [0.15, 0.2) is 5.43 Å². The molecule has 3 N–H and O–H groups in total. The van der Waals surface area contributed by atoms with Crippen molar-refractivity contribution in [2.45, 2.75) is 31.2 Å². The van der Waals surface area contributed by atoms with Gasteiger partial charge in [-0.2, -0.15) is 13.2 Å². The SMILES string of the molecule is CN1CCC(c2c(O)cc(O)c3c(=O)cc(-c4ccc(C(F)(F)F)cc4Cl)oc23)C1(C)O.Cl. The fourth-order valence-corrected chi connectivity index (χ4v) is 4.46. The van der Waals surface area contributed by atoms with E-state index in [1.807, 2.05) is 0 Å². The summed E-state index contributed by atoms with van der Waals surface area (Å²) >= 11 is 6.06. The number of phenolic OH excluding ortho intramolecular Hbond substituents is 2. The molecule has 6 nitrogen and oxygen atoms in total. The molecule has 1 saturated heterocycles. The predicted octanol–water partition coefficient (Wildman–Crippen LogP) is 5.09. The number of hydrogen-bond donors (Lipinski definition) is 3. The molecule has 178 valence electrons. The molecule has 0 spiro atoms. The maximum Gasteiger partial charge on any atom is 0.416 e. The Morgan fingerprint density at radius 3 is 2.39 bits per heavy atom. The first kappa shape index (κ1) is 25.2. The van der Waals surface area contributed by atoms with Gasteiger partial charge in [0.1, 0.15) is 34.0 Å². The highest BCUT2D eigenvalue weighted by molar-refractivity contribution is 6.33. The average molecular weight is 506 g/mol. The number of rotatable bonds is 2. The van der Waals surface area contributed by atoms with Crippen molar-refractivity contribution >= 4 is 35.0 Å². The minimum absolute atomic E-state index is 0. The summed E-state index contributed by atoms with van der Waals surface area (Å²) in [6, 6.07) is 4.63. The van der Waals surface area contributed by atoms with Gasteiger partial charge < -0.3 is 19.7 Å². The lowest BCUT2D eigenvalue weighted by molar-refractivity contribution is -0.137. The van der Waals surface area contributed by atoms with Crippen LogP contribution in [0.25, 0.3) is 22.3 Å². The molecule has 0 amide bonds. The molecule has 0 aliphatic carbocycles. The van der Waals surface area contributed by atoms with Crippen LogP contribution in [-0.2, 0) is 6.18 Å². The maximum atomic E-state index is 13.0. The van der Waals surface area contributed by atoms with Gasteiger partial charge in [-0.15, -0.1) is 12.4 Å². The summed E-state index contributed by atoms with van der Waals surface area (Å²) in [6.45, 7) is 2.05. The van der Waals surface area contributed by atoms with Gasteiger partial charge in [-0.25, -0.2) is 0 Å². The van der Waals surface area contributed by atoms with Crippen molar-refractivity contribution in [3.05, 3.63) is 56.7 Å². The highest BCUT2D eigenvalue weighted by Crippen LogP contribution is 2.47. The van der Waals surface area contributed by atoms with E-state index in [1.165, 1.54) is 0 Å². The van der Waals surface area contributed by atoms with E-state index in [0.717, 1.165) is 30.3 Å². The quantitative estimate of drug-likeness (QED) is 0.448. The van der Waals surface area contributed by atoms with Crippen molar-refractivity contribution in [1.29, 1.82) is 0 Å². The fraction of sp³-hybridized carbons (Fsp3) is 0.318. The van der Waals surface area contributed by atoms with Crippen LogP contribution in [0, 0.1) is 0 Å². The number of aromatic hydroxyl groups is 2. The van der Waals surface area contributed by atoms with Crippen LogP contribution in [0.15, 0.2) is 39.5 Å². The molecule has 4 rings (SSSR count). The fourth-order valence-electron chi connectivity index (χ4n) is 4.19. The summed E-state index contributed by atoms with van der Waals surface area (Å²) in [7, 11) is 1.70. The minimum Gasteiger partial charge on any atom is -0.507 e. The number of likely N-dealkylation sites (N-methyl/N-ethyl adjacent to an activating group) is 1. The molecule has 1 aliphatic rings. The molecule has 11 heteroatoms. The second-order valence-electron chi connectivity index (χ2n) is 8.06. The number of nitrogens with zero attached hydrogens (tertiary/aromatic N) is 1. The van der Waals surface area contributed by atoms with E-state index in [0.29, 0.717) is 13.0 Å². The predicted molar refractivity (Wildman–Crippen MR) is 119 cm³/mol. The van der Waals surface area contributed by atoms with E-state index in [4.69, 9.17) is 16.0 Å². The number of phenols is 2. The Morgan fingerprint density at radius 2 is 1.85 bits per heavy atom. The second kappa shape index (κ2) is 8.39. The summed E-state index contributed by atoms with van der Waals surface area (Å²) in [5.41, 5.74) is -3.04. The summed E-state index contributed by atoms with van der Waals surface area (Å²) < 4.78 is 44.8. The Hall–Kier alpha value is -2.46. The average Bonchev–Trinajstić information content (AvgIpc) is 2.93. The van der Waals surface area contributed by atoms with E-state index >= 15 is 0 Å². The van der Waals surface area contributed by atoms with Gasteiger partial charge in [-0.1, -0.05) is 11.6 Å². The molecule has 0 saturated carbocycles. The first-order chi connectivity index (χ1) is 14.8. The Balaban J connectivity index is 0.00000306. The van der Waals surface area contributed by atoms with Crippen LogP contribution in [-0.4, -0.2) is 39.5 Å². The molecule has 1 aliphatic heterocycles. The first-order valence-corrected chi connectivity index (χ1v) is 10.0. The summed E-state index contributed by atoms with van der Waals surface area (Å²) in [5, 5.41) is 31.3. The van der Waals surface area contributed by atoms with Gasteiger partial charge in [0.05, 0.1) is 10.6 Å². The van der Waals surface area contributed by atoms with Crippen molar-refractivity contribution in [3.8, 4) is 22.8 Å². The van der Waals surface area contributed by atoms with Crippen LogP contribution in [0.3, 0.4) is 0 Å². The van der Waals surface area contributed by atoms with Crippen LogP contribution in [0.1, 0.15) is 30.4 Å². The van der Waals surface area contributed by atoms with E-state index in [9.17, 15) is 33.3 Å². The molecule has 0 radical (unpaired) electrons. The summed E-state index contributed by atoms with van der Waals surface area (Å²) in [6.07, 6.45) is -4.18. The topological polar surface area (TPSA) is 94.1 Å². The van der Waals surface area contributed by atoms with Crippen molar-refractivity contribution in [3.63, 3.8) is 0 Å². The van der Waals surface area contributed by atoms with Crippen molar-refractivity contribution < 1.29 is 32.9 Å². The normalized spacial score (nSPS) is 21.4. The number of alkyl halides is 3. The van der Waals surface area contributed by atoms with Gasteiger partial charge >= 0.3 is 6.18 Å². The van der Waals surface area contributed by atoms with Gasteiger partial charge in [-0.05, 0) is 38.6 Å². The first-order valence-electron chi connectivity index (χ1n) is 9.65. The maximum absolute atomic E-state index is 13.0. The smallest absolute Gasteiger partial charge is 0.416 e. The molecule has 2 aromatic carbocycles. The molecule has 0 bridgehead atoms. The summed E-state index contributed by atoms with van der Waals surface area (Å²) in [5.74, 6) is -1.71.